The van der Waals surface area contributed by atoms with E-state index < -0.39 is 5.54 Å². The van der Waals surface area contributed by atoms with Crippen LogP contribution in [0.4, 0.5) is 0 Å². The second kappa shape index (κ2) is 5.51. The van der Waals surface area contributed by atoms with Crippen molar-refractivity contribution < 1.29 is 4.52 Å². The molecule has 1 saturated carbocycles. The molecule has 0 aliphatic heterocycles. The Kier molecular flexibility index (Phi) is 3.67. The van der Waals surface area contributed by atoms with Crippen LogP contribution in [0.5, 0.6) is 0 Å². The van der Waals surface area contributed by atoms with Crippen molar-refractivity contribution in [3.05, 3.63) is 42.7 Å². The van der Waals surface area contributed by atoms with Gasteiger partial charge in [-0.25, -0.2) is 4.68 Å². The Balaban J connectivity index is 0.00000144. The number of halogens is 1. The average molecular weight is 319 g/mol. The maximum atomic E-state index is 6.20. The summed E-state index contributed by atoms with van der Waals surface area (Å²) in [5.74, 6) is 1.02. The number of hydrogen-bond acceptors (Lipinski definition) is 6. The van der Waals surface area contributed by atoms with E-state index in [-0.39, 0.29) is 12.4 Å². The second-order valence-corrected chi connectivity index (χ2v) is 5.32. The molecule has 3 aromatic rings. The molecule has 0 aromatic carbocycles. The molecule has 4 rings (SSSR count). The van der Waals surface area contributed by atoms with Crippen LogP contribution in [0, 0.1) is 0 Å². The normalized spacial score (nSPS) is 15.9. The lowest BCUT2D eigenvalue weighted by molar-refractivity contribution is 0.229. The smallest absolute Gasteiger partial charge is 0.261 e. The van der Waals surface area contributed by atoms with Crippen LogP contribution < -0.4 is 5.73 Å². The molecule has 7 nitrogen and oxygen atoms in total. The van der Waals surface area contributed by atoms with Crippen molar-refractivity contribution in [2.75, 3.05) is 0 Å². The third-order valence-electron chi connectivity index (χ3n) is 3.86. The molecule has 0 saturated heterocycles. The molecule has 1 aliphatic carbocycles. The van der Waals surface area contributed by atoms with E-state index >= 15 is 0 Å². The van der Waals surface area contributed by atoms with E-state index in [0.717, 1.165) is 30.5 Å². The molecule has 1 aliphatic rings. The average Bonchev–Trinajstić information content (AvgIpc) is 3.14. The van der Waals surface area contributed by atoms with Crippen LogP contribution in [0.1, 0.15) is 25.1 Å². The Labute approximate surface area is 133 Å². The van der Waals surface area contributed by atoms with E-state index in [1.807, 2.05) is 18.3 Å². The number of hydrogen-bond donors (Lipinski definition) is 1. The minimum Gasteiger partial charge on any atom is -0.334 e. The third kappa shape index (κ3) is 2.38. The lowest BCUT2D eigenvalue weighted by Crippen LogP contribution is -2.44. The van der Waals surface area contributed by atoms with E-state index in [1.54, 1.807) is 23.3 Å². The molecule has 1 fully saturated rings. The topological polar surface area (TPSA) is 95.7 Å². The highest BCUT2D eigenvalue weighted by Gasteiger charge is 2.39. The number of aromatic nitrogens is 5. The van der Waals surface area contributed by atoms with Gasteiger partial charge in [-0.15, -0.1) is 12.4 Å². The molecule has 3 heterocycles. The molecule has 8 heteroatoms. The maximum absolute atomic E-state index is 6.20. The molecule has 2 N–H and O–H groups in total. The molecule has 22 heavy (non-hydrogen) atoms. The molecule has 0 bridgehead atoms. The molecular weight excluding hydrogens is 304 g/mol. The summed E-state index contributed by atoms with van der Waals surface area (Å²) in [4.78, 5) is 8.48. The van der Waals surface area contributed by atoms with Crippen molar-refractivity contribution in [1.82, 2.24) is 24.9 Å². The maximum Gasteiger partial charge on any atom is 0.261 e. The number of nitrogens with zero attached hydrogens (tertiary/aromatic N) is 5. The van der Waals surface area contributed by atoms with Crippen LogP contribution in [0.25, 0.3) is 17.1 Å². The summed E-state index contributed by atoms with van der Waals surface area (Å²) < 4.78 is 7.03. The molecule has 0 atom stereocenters. The number of nitrogens with two attached hydrogens (primary N) is 1. The first-order valence-corrected chi connectivity index (χ1v) is 6.83. The fourth-order valence-electron chi connectivity index (χ4n) is 2.39. The minimum atomic E-state index is -0.416. The van der Waals surface area contributed by atoms with Gasteiger partial charge in [-0.3, -0.25) is 4.98 Å². The van der Waals surface area contributed by atoms with Gasteiger partial charge >= 0.3 is 0 Å². The van der Waals surface area contributed by atoms with Crippen molar-refractivity contribution >= 4 is 12.4 Å². The molecule has 0 spiro atoms. The highest BCUT2D eigenvalue weighted by molar-refractivity contribution is 5.85. The zero-order valence-electron chi connectivity index (χ0n) is 11.7. The molecule has 0 amide bonds. The Morgan fingerprint density at radius 1 is 1.27 bits per heavy atom. The van der Waals surface area contributed by atoms with Gasteiger partial charge in [0.2, 0.25) is 0 Å². The lowest BCUT2D eigenvalue weighted by Gasteiger charge is -2.34. The Hall–Kier alpha value is -2.25. The van der Waals surface area contributed by atoms with Gasteiger partial charge in [-0.05, 0) is 31.4 Å². The predicted octanol–water partition coefficient (Wildman–Crippen LogP) is 2.08. The highest BCUT2D eigenvalue weighted by Crippen LogP contribution is 2.37. The van der Waals surface area contributed by atoms with Crippen molar-refractivity contribution in [3.63, 3.8) is 0 Å². The van der Waals surface area contributed by atoms with Gasteiger partial charge in [0.25, 0.3) is 5.89 Å². The van der Waals surface area contributed by atoms with Crippen LogP contribution in [-0.2, 0) is 5.54 Å². The summed E-state index contributed by atoms with van der Waals surface area (Å²) in [5, 5.41) is 8.29. The van der Waals surface area contributed by atoms with Gasteiger partial charge in [-0.2, -0.15) is 10.1 Å². The van der Waals surface area contributed by atoms with Crippen LogP contribution >= 0.6 is 12.4 Å². The minimum absolute atomic E-state index is 0. The summed E-state index contributed by atoms with van der Waals surface area (Å²) in [7, 11) is 0. The SMILES string of the molecule is Cl.NC1(c2noc(-c3cnn(-c4cccnc4)c3)n2)CCC1. The molecule has 114 valence electrons. The van der Waals surface area contributed by atoms with Gasteiger partial charge in [0.05, 0.1) is 29.2 Å². The van der Waals surface area contributed by atoms with Gasteiger partial charge < -0.3 is 10.3 Å². The fraction of sp³-hybridized carbons (Fsp3) is 0.286. The van der Waals surface area contributed by atoms with Gasteiger partial charge in [0.15, 0.2) is 5.82 Å². The summed E-state index contributed by atoms with van der Waals surface area (Å²) in [5.41, 5.74) is 7.42. The van der Waals surface area contributed by atoms with Crippen LogP contribution in [0.3, 0.4) is 0 Å². The van der Waals surface area contributed by atoms with E-state index in [0.29, 0.717) is 11.7 Å². The Morgan fingerprint density at radius 3 is 2.82 bits per heavy atom. The number of pyridine rings is 1. The fourth-order valence-corrected chi connectivity index (χ4v) is 2.39. The lowest BCUT2D eigenvalue weighted by atomic mass is 9.77. The van der Waals surface area contributed by atoms with E-state index in [2.05, 4.69) is 20.2 Å². The Morgan fingerprint density at radius 2 is 2.14 bits per heavy atom. The molecule has 0 unspecified atom stereocenters. The van der Waals surface area contributed by atoms with Crippen LogP contribution in [0.15, 0.2) is 41.4 Å². The van der Waals surface area contributed by atoms with E-state index in [4.69, 9.17) is 10.3 Å². The molecule has 3 aromatic heterocycles. The second-order valence-electron chi connectivity index (χ2n) is 5.32. The Bertz CT molecular complexity index is 765. The monoisotopic (exact) mass is 318 g/mol. The van der Waals surface area contributed by atoms with Crippen molar-refractivity contribution in [2.45, 2.75) is 24.8 Å². The zero-order chi connectivity index (χ0) is 14.3. The summed E-state index contributed by atoms with van der Waals surface area (Å²) in [6, 6.07) is 3.78. The first-order valence-electron chi connectivity index (χ1n) is 6.83. The quantitative estimate of drug-likeness (QED) is 0.794. The van der Waals surface area contributed by atoms with Crippen LogP contribution in [-0.4, -0.2) is 24.9 Å². The highest BCUT2D eigenvalue weighted by atomic mass is 35.5. The zero-order valence-corrected chi connectivity index (χ0v) is 12.5. The van der Waals surface area contributed by atoms with Gasteiger partial charge in [0.1, 0.15) is 0 Å². The first kappa shape index (κ1) is 14.7. The van der Waals surface area contributed by atoms with Crippen molar-refractivity contribution in [2.24, 2.45) is 5.73 Å². The van der Waals surface area contributed by atoms with Gasteiger partial charge in [0, 0.05) is 12.4 Å². The summed E-state index contributed by atoms with van der Waals surface area (Å²) in [6.45, 7) is 0. The summed E-state index contributed by atoms with van der Waals surface area (Å²) >= 11 is 0. The van der Waals surface area contributed by atoms with Crippen LogP contribution in [0.2, 0.25) is 0 Å². The van der Waals surface area contributed by atoms with Crippen molar-refractivity contribution in [3.8, 4) is 17.1 Å². The first-order chi connectivity index (χ1) is 10.2. The number of rotatable bonds is 3. The van der Waals surface area contributed by atoms with Crippen molar-refractivity contribution in [1.29, 1.82) is 0 Å². The van der Waals surface area contributed by atoms with E-state index in [9.17, 15) is 0 Å². The van der Waals surface area contributed by atoms with E-state index in [1.165, 1.54) is 0 Å². The summed E-state index contributed by atoms with van der Waals surface area (Å²) in [6.07, 6.45) is 9.89. The third-order valence-corrected chi connectivity index (χ3v) is 3.86. The standard InChI is InChI=1S/C14H14N6O.ClH/c15-14(4-2-5-14)13-18-12(21-19-13)10-7-17-20(9-10)11-3-1-6-16-8-11;/h1,3,6-9H,2,4-5,15H2;1H. The largest absolute Gasteiger partial charge is 0.334 e. The molecular formula is C14H15ClN6O. The van der Waals surface area contributed by atoms with Gasteiger partial charge in [-0.1, -0.05) is 5.16 Å². The molecule has 0 radical (unpaired) electrons. The predicted molar refractivity (Wildman–Crippen MR) is 81.6 cm³/mol.